The largest absolute Gasteiger partial charge is 0.343 e. The van der Waals surface area contributed by atoms with Crippen LogP contribution < -0.4 is 10.6 Å². The third kappa shape index (κ3) is 3.80. The minimum Gasteiger partial charge on any atom is -0.343 e. The van der Waals surface area contributed by atoms with Crippen LogP contribution in [-0.2, 0) is 0 Å². The summed E-state index contributed by atoms with van der Waals surface area (Å²) in [4.78, 5) is 16.4. The second kappa shape index (κ2) is 7.58. The number of fused-ring (bicyclic) bond motifs is 1. The molecule has 6 heteroatoms. The number of aliphatic imine (C=N–C) groups is 1. The number of guanidine groups is 1. The lowest BCUT2D eigenvalue weighted by atomic mass is 10.1. The maximum absolute atomic E-state index is 4.68. The van der Waals surface area contributed by atoms with E-state index in [1.54, 1.807) is 0 Å². The molecule has 1 fully saturated rings. The maximum Gasteiger partial charge on any atom is 0.230 e. The first kappa shape index (κ1) is 17.2. The molecule has 0 unspecified atom stereocenters. The Hall–Kier alpha value is -2.21. The number of nitrogens with one attached hydrogen (secondary N) is 2. The molecule has 1 aliphatic carbocycles. The summed E-state index contributed by atoms with van der Waals surface area (Å²) in [6.45, 7) is 5.68. The van der Waals surface area contributed by atoms with Crippen molar-refractivity contribution >= 4 is 22.8 Å². The molecular formula is C20H28N6. The van der Waals surface area contributed by atoms with Crippen LogP contribution in [0.2, 0.25) is 0 Å². The highest BCUT2D eigenvalue weighted by molar-refractivity contribution is 5.93. The second-order valence-corrected chi connectivity index (χ2v) is 7.50. The van der Waals surface area contributed by atoms with Gasteiger partial charge in [-0.05, 0) is 38.3 Å². The number of anilines is 1. The number of benzene rings is 1. The van der Waals surface area contributed by atoms with Gasteiger partial charge in [0.05, 0.1) is 24.5 Å². The number of aryl methyl sites for hydroxylation is 2. The Morgan fingerprint density at radius 1 is 1.08 bits per heavy atom. The van der Waals surface area contributed by atoms with Crippen LogP contribution in [-0.4, -0.2) is 40.2 Å². The van der Waals surface area contributed by atoms with E-state index in [1.165, 1.54) is 44.1 Å². The normalized spacial score (nSPS) is 19.7. The van der Waals surface area contributed by atoms with Gasteiger partial charge in [0.25, 0.3) is 0 Å². The van der Waals surface area contributed by atoms with Crippen molar-refractivity contribution in [3.63, 3.8) is 0 Å². The molecule has 2 aromatic rings. The molecule has 26 heavy (non-hydrogen) atoms. The van der Waals surface area contributed by atoms with E-state index in [0.29, 0.717) is 12.0 Å². The van der Waals surface area contributed by atoms with Gasteiger partial charge in [0.2, 0.25) is 11.9 Å². The Morgan fingerprint density at radius 3 is 2.62 bits per heavy atom. The van der Waals surface area contributed by atoms with Crippen LogP contribution in [0.3, 0.4) is 0 Å². The molecule has 6 nitrogen and oxygen atoms in total. The van der Waals surface area contributed by atoms with Gasteiger partial charge in [-0.25, -0.2) is 15.0 Å². The first-order chi connectivity index (χ1) is 12.7. The Balaban J connectivity index is 1.45. The smallest absolute Gasteiger partial charge is 0.230 e. The molecule has 2 aliphatic rings. The van der Waals surface area contributed by atoms with Gasteiger partial charge in [0, 0.05) is 11.4 Å². The summed E-state index contributed by atoms with van der Waals surface area (Å²) in [5.74, 6) is 1.37. The van der Waals surface area contributed by atoms with Crippen molar-refractivity contribution in [2.45, 2.75) is 58.4 Å². The zero-order valence-corrected chi connectivity index (χ0v) is 15.8. The van der Waals surface area contributed by atoms with Crippen LogP contribution in [0.25, 0.3) is 10.9 Å². The first-order valence-corrected chi connectivity index (χ1v) is 9.73. The zero-order valence-electron chi connectivity index (χ0n) is 15.8. The standard InChI is InChI=1S/C20H28N6/c1-14-9-10-17-15(2)23-20(24-18(17)11-14)25-19-21-12-26(13-22-19)16-7-5-3-4-6-8-16/h9-11,16H,3-8,12-13H2,1-2H3,(H2,21,22,23,24,25). The van der Waals surface area contributed by atoms with Crippen LogP contribution in [0.15, 0.2) is 23.2 Å². The van der Waals surface area contributed by atoms with Crippen molar-refractivity contribution < 1.29 is 0 Å². The Labute approximate surface area is 155 Å². The summed E-state index contributed by atoms with van der Waals surface area (Å²) in [5.41, 5.74) is 3.15. The second-order valence-electron chi connectivity index (χ2n) is 7.50. The minimum absolute atomic E-state index is 0.606. The molecule has 2 N–H and O–H groups in total. The van der Waals surface area contributed by atoms with Gasteiger partial charge in [-0.3, -0.25) is 10.2 Å². The lowest BCUT2D eigenvalue weighted by molar-refractivity contribution is 0.172. The molecule has 0 radical (unpaired) electrons. The van der Waals surface area contributed by atoms with E-state index < -0.39 is 0 Å². The van der Waals surface area contributed by atoms with E-state index in [2.05, 4.69) is 55.6 Å². The fraction of sp³-hybridized carbons (Fsp3) is 0.550. The minimum atomic E-state index is 0.606. The van der Waals surface area contributed by atoms with Gasteiger partial charge in [0.15, 0.2) is 0 Å². The maximum atomic E-state index is 4.68. The average molecular weight is 352 g/mol. The predicted octanol–water partition coefficient (Wildman–Crippen LogP) is 3.56. The molecule has 0 atom stereocenters. The molecule has 1 aliphatic heterocycles. The van der Waals surface area contributed by atoms with E-state index in [1.807, 2.05) is 6.92 Å². The Bertz CT molecular complexity index is 807. The van der Waals surface area contributed by atoms with Crippen LogP contribution in [0.4, 0.5) is 5.95 Å². The fourth-order valence-corrected chi connectivity index (χ4v) is 3.96. The quantitative estimate of drug-likeness (QED) is 0.809. The van der Waals surface area contributed by atoms with Crippen LogP contribution in [0.5, 0.6) is 0 Å². The summed E-state index contributed by atoms with van der Waals surface area (Å²) < 4.78 is 0. The van der Waals surface area contributed by atoms with E-state index >= 15 is 0 Å². The number of hydrogen-bond donors (Lipinski definition) is 2. The molecular weight excluding hydrogens is 324 g/mol. The van der Waals surface area contributed by atoms with E-state index in [0.717, 1.165) is 35.9 Å². The highest BCUT2D eigenvalue weighted by Crippen LogP contribution is 2.22. The molecule has 1 aromatic heterocycles. The van der Waals surface area contributed by atoms with Gasteiger partial charge >= 0.3 is 0 Å². The van der Waals surface area contributed by atoms with E-state index in [-0.39, 0.29) is 0 Å². The van der Waals surface area contributed by atoms with Gasteiger partial charge in [-0.1, -0.05) is 37.8 Å². The summed E-state index contributed by atoms with van der Waals surface area (Å²) in [6, 6.07) is 6.95. The molecule has 1 aromatic carbocycles. The highest BCUT2D eigenvalue weighted by Gasteiger charge is 2.22. The molecule has 0 spiro atoms. The number of nitrogens with zero attached hydrogens (tertiary/aromatic N) is 4. The van der Waals surface area contributed by atoms with Crippen molar-refractivity contribution in [2.24, 2.45) is 4.99 Å². The summed E-state index contributed by atoms with van der Waals surface area (Å²) in [6.07, 6.45) is 8.05. The number of rotatable bonds is 2. The highest BCUT2D eigenvalue weighted by atomic mass is 15.4. The average Bonchev–Trinajstić information content (AvgIpc) is 2.91. The third-order valence-electron chi connectivity index (χ3n) is 5.47. The van der Waals surface area contributed by atoms with Crippen LogP contribution in [0, 0.1) is 13.8 Å². The molecule has 4 rings (SSSR count). The van der Waals surface area contributed by atoms with Crippen molar-refractivity contribution in [3.8, 4) is 0 Å². The summed E-state index contributed by atoms with van der Waals surface area (Å²) in [5, 5.41) is 7.75. The van der Waals surface area contributed by atoms with Gasteiger partial charge in [-0.15, -0.1) is 0 Å². The van der Waals surface area contributed by atoms with Gasteiger partial charge in [0.1, 0.15) is 0 Å². The van der Waals surface area contributed by atoms with Gasteiger partial charge < -0.3 is 5.32 Å². The predicted molar refractivity (Wildman–Crippen MR) is 106 cm³/mol. The molecule has 1 saturated carbocycles. The zero-order chi connectivity index (χ0) is 17.9. The van der Waals surface area contributed by atoms with Crippen LogP contribution >= 0.6 is 0 Å². The summed E-state index contributed by atoms with van der Waals surface area (Å²) in [7, 11) is 0. The molecule has 0 amide bonds. The molecule has 0 bridgehead atoms. The molecule has 0 saturated heterocycles. The first-order valence-electron chi connectivity index (χ1n) is 9.73. The lowest BCUT2D eigenvalue weighted by Gasteiger charge is -2.33. The van der Waals surface area contributed by atoms with Crippen molar-refractivity contribution in [3.05, 3.63) is 29.5 Å². The fourth-order valence-electron chi connectivity index (χ4n) is 3.96. The van der Waals surface area contributed by atoms with Crippen molar-refractivity contribution in [2.75, 3.05) is 18.7 Å². The van der Waals surface area contributed by atoms with E-state index in [4.69, 9.17) is 0 Å². The van der Waals surface area contributed by atoms with E-state index in [9.17, 15) is 0 Å². The number of hydrogen-bond acceptors (Lipinski definition) is 6. The Kier molecular flexibility index (Phi) is 5.02. The van der Waals surface area contributed by atoms with Crippen LogP contribution in [0.1, 0.15) is 49.8 Å². The monoisotopic (exact) mass is 352 g/mol. The third-order valence-corrected chi connectivity index (χ3v) is 5.47. The Morgan fingerprint density at radius 2 is 1.88 bits per heavy atom. The SMILES string of the molecule is Cc1ccc2c(C)nc(NC3=NCN(C4CCCCCC4)CN3)nc2c1. The van der Waals surface area contributed by atoms with Crippen molar-refractivity contribution in [1.29, 1.82) is 0 Å². The lowest BCUT2D eigenvalue weighted by Crippen LogP contribution is -2.49. The molecule has 2 heterocycles. The molecule has 138 valence electrons. The summed E-state index contributed by atoms with van der Waals surface area (Å²) >= 11 is 0. The number of aromatic nitrogens is 2. The van der Waals surface area contributed by atoms with Gasteiger partial charge in [-0.2, -0.15) is 0 Å². The topological polar surface area (TPSA) is 65.4 Å². The van der Waals surface area contributed by atoms with Crippen molar-refractivity contribution in [1.82, 2.24) is 20.2 Å².